The highest BCUT2D eigenvalue weighted by molar-refractivity contribution is 5.78. The van der Waals surface area contributed by atoms with Gasteiger partial charge >= 0.3 is 0 Å². The van der Waals surface area contributed by atoms with E-state index in [-0.39, 0.29) is 23.1 Å². The first-order valence-corrected chi connectivity index (χ1v) is 18.6. The van der Waals surface area contributed by atoms with Crippen LogP contribution >= 0.6 is 0 Å². The Bertz CT molecular complexity index is 1700. The molecule has 0 radical (unpaired) electrons. The van der Waals surface area contributed by atoms with Gasteiger partial charge in [0.25, 0.3) is 5.88 Å². The highest BCUT2D eigenvalue weighted by Gasteiger charge is 2.53. The molecular formula is C38H50FN9O2. The van der Waals surface area contributed by atoms with Gasteiger partial charge in [-0.15, -0.1) is 10.2 Å². The molecule has 11 nitrogen and oxygen atoms in total. The van der Waals surface area contributed by atoms with Crippen LogP contribution in [0.4, 0.5) is 10.2 Å². The van der Waals surface area contributed by atoms with Crippen LogP contribution < -0.4 is 9.64 Å². The molecule has 5 fully saturated rings. The number of halogens is 1. The fraction of sp³-hybridized carbons (Fsp3) is 0.632. The summed E-state index contributed by atoms with van der Waals surface area (Å²) in [7, 11) is 3.76. The number of benzene rings is 1. The van der Waals surface area contributed by atoms with Gasteiger partial charge in [0.2, 0.25) is 5.91 Å². The third kappa shape index (κ3) is 6.45. The largest absolute Gasteiger partial charge is 0.434 e. The molecule has 2 aromatic heterocycles. The van der Waals surface area contributed by atoms with Crippen molar-refractivity contribution in [3.63, 3.8) is 0 Å². The molecule has 1 spiro atoms. The fourth-order valence-corrected chi connectivity index (χ4v) is 9.45. The molecule has 5 heterocycles. The van der Waals surface area contributed by atoms with E-state index in [4.69, 9.17) is 4.74 Å². The third-order valence-corrected chi connectivity index (χ3v) is 12.0. The Morgan fingerprint density at radius 1 is 1.04 bits per heavy atom. The van der Waals surface area contributed by atoms with Crippen molar-refractivity contribution in [2.45, 2.75) is 76.8 Å². The first kappa shape index (κ1) is 33.4. The number of hydrogen-bond acceptors (Lipinski definition) is 10. The molecule has 3 aliphatic heterocycles. The summed E-state index contributed by atoms with van der Waals surface area (Å²) in [4.78, 5) is 35.5. The van der Waals surface area contributed by atoms with Crippen molar-refractivity contribution < 1.29 is 13.9 Å². The number of piperidine rings is 1. The smallest absolute Gasteiger partial charge is 0.282 e. The minimum Gasteiger partial charge on any atom is -0.434 e. The lowest BCUT2D eigenvalue weighted by atomic mass is 9.67. The van der Waals surface area contributed by atoms with Gasteiger partial charge in [-0.25, -0.2) is 19.3 Å². The van der Waals surface area contributed by atoms with Crippen LogP contribution in [-0.4, -0.2) is 111 Å². The van der Waals surface area contributed by atoms with E-state index in [0.717, 1.165) is 82.6 Å². The number of carbonyl (C=O) groups is 1. The second-order valence-electron chi connectivity index (χ2n) is 16.2. The number of amides is 1. The number of anilines is 1. The van der Waals surface area contributed by atoms with Crippen molar-refractivity contribution in [1.29, 1.82) is 0 Å². The maximum atomic E-state index is 14.6. The standard InChI is InChI=1S/C38H50FN9O2/c1-24(2)34(27-14-29(15-27)46-12-5-6-26(18-46)37(49)45(3)4)48-20-38(21-48)11-13-47(19-38)35-36(44-43-23-42-35)50-32-10-9-28(39)16-30(32)31-17-40-22-41-33(31)25-7-8-25/h9-10,16-17,22-27,29,34H,5-8,11-15,18-21H2,1-4H3/t26-,27?,29?,34-/m1/s1. The monoisotopic (exact) mass is 683 g/mol. The quantitative estimate of drug-likeness (QED) is 0.282. The number of likely N-dealkylation sites (tertiary alicyclic amines) is 2. The van der Waals surface area contributed by atoms with E-state index in [0.29, 0.717) is 52.8 Å². The fourth-order valence-electron chi connectivity index (χ4n) is 9.45. The summed E-state index contributed by atoms with van der Waals surface area (Å²) in [6, 6.07) is 5.72. The zero-order valence-electron chi connectivity index (χ0n) is 29.8. The number of carbonyl (C=O) groups excluding carboxylic acids is 1. The molecule has 0 bridgehead atoms. The van der Waals surface area contributed by atoms with Crippen molar-refractivity contribution in [1.82, 2.24) is 39.8 Å². The van der Waals surface area contributed by atoms with E-state index >= 15 is 0 Å². The average molecular weight is 684 g/mol. The molecule has 1 aromatic carbocycles. The van der Waals surface area contributed by atoms with Crippen molar-refractivity contribution in [3.05, 3.63) is 48.6 Å². The molecule has 0 N–H and O–H groups in total. The van der Waals surface area contributed by atoms with E-state index in [1.54, 1.807) is 23.5 Å². The van der Waals surface area contributed by atoms with Crippen LogP contribution in [0.15, 0.2) is 37.1 Å². The molecule has 2 aliphatic carbocycles. The number of ether oxygens (including phenoxy) is 1. The zero-order valence-corrected chi connectivity index (χ0v) is 29.8. The van der Waals surface area contributed by atoms with Gasteiger partial charge in [-0.05, 0) is 81.5 Å². The van der Waals surface area contributed by atoms with Crippen molar-refractivity contribution in [2.75, 3.05) is 58.3 Å². The molecule has 2 atom stereocenters. The predicted molar refractivity (Wildman–Crippen MR) is 188 cm³/mol. The molecule has 50 heavy (non-hydrogen) atoms. The van der Waals surface area contributed by atoms with E-state index in [2.05, 4.69) is 53.7 Å². The lowest BCUT2D eigenvalue weighted by molar-refractivity contribution is -0.136. The van der Waals surface area contributed by atoms with Crippen LogP contribution in [0.1, 0.15) is 70.4 Å². The molecule has 2 saturated carbocycles. The van der Waals surface area contributed by atoms with Gasteiger partial charge < -0.3 is 14.5 Å². The van der Waals surface area contributed by atoms with Crippen molar-refractivity contribution in [3.8, 4) is 22.8 Å². The van der Waals surface area contributed by atoms with E-state index in [1.165, 1.54) is 31.3 Å². The summed E-state index contributed by atoms with van der Waals surface area (Å²) in [6.45, 7) is 10.7. The topological polar surface area (TPSA) is 104 Å². The summed E-state index contributed by atoms with van der Waals surface area (Å²) in [5, 5.41) is 8.44. The Labute approximate surface area is 294 Å². The molecule has 12 heteroatoms. The van der Waals surface area contributed by atoms with Crippen LogP contribution in [0, 0.1) is 29.0 Å². The molecule has 5 aliphatic rings. The van der Waals surface area contributed by atoms with Gasteiger partial charge in [-0.1, -0.05) is 13.8 Å². The Kier molecular flexibility index (Phi) is 8.95. The molecule has 1 amide bonds. The second-order valence-corrected chi connectivity index (χ2v) is 16.2. The molecule has 266 valence electrons. The number of rotatable bonds is 10. The lowest BCUT2D eigenvalue weighted by Crippen LogP contribution is -2.65. The Morgan fingerprint density at radius 2 is 1.86 bits per heavy atom. The summed E-state index contributed by atoms with van der Waals surface area (Å²) < 4.78 is 21.0. The maximum Gasteiger partial charge on any atom is 0.282 e. The Hall–Kier alpha value is -3.77. The molecule has 3 aromatic rings. The van der Waals surface area contributed by atoms with Crippen LogP contribution in [0.2, 0.25) is 0 Å². The summed E-state index contributed by atoms with van der Waals surface area (Å²) in [5.41, 5.74) is 2.54. The minimum absolute atomic E-state index is 0.145. The van der Waals surface area contributed by atoms with Gasteiger partial charge in [-0.2, -0.15) is 0 Å². The van der Waals surface area contributed by atoms with E-state index in [1.807, 2.05) is 14.1 Å². The highest BCUT2D eigenvalue weighted by atomic mass is 19.1. The third-order valence-electron chi connectivity index (χ3n) is 12.0. The first-order valence-electron chi connectivity index (χ1n) is 18.6. The zero-order chi connectivity index (χ0) is 34.6. The SMILES string of the molecule is CC(C)[C@H](C1CC(N2CCC[C@@H](C(=O)N(C)C)C2)C1)N1CC2(CCN(c3ncnnc3Oc3ccc(F)cc3-c3cncnc3C3CC3)C2)C1. The van der Waals surface area contributed by atoms with Gasteiger partial charge in [0.15, 0.2) is 5.82 Å². The normalized spacial score (nSPS) is 25.7. The summed E-state index contributed by atoms with van der Waals surface area (Å²) in [6.07, 6.45) is 12.6. The van der Waals surface area contributed by atoms with Crippen LogP contribution in [0.5, 0.6) is 11.6 Å². The van der Waals surface area contributed by atoms with Crippen LogP contribution in [0.3, 0.4) is 0 Å². The van der Waals surface area contributed by atoms with Gasteiger partial charge in [0.1, 0.15) is 24.2 Å². The van der Waals surface area contributed by atoms with E-state index in [9.17, 15) is 9.18 Å². The maximum absolute atomic E-state index is 14.6. The number of nitrogens with zero attached hydrogens (tertiary/aromatic N) is 9. The number of hydrogen-bond donors (Lipinski definition) is 0. The molecule has 3 saturated heterocycles. The minimum atomic E-state index is -0.347. The van der Waals surface area contributed by atoms with Gasteiger partial charge in [-0.3, -0.25) is 14.6 Å². The van der Waals surface area contributed by atoms with Crippen LogP contribution in [-0.2, 0) is 4.79 Å². The highest BCUT2D eigenvalue weighted by Crippen LogP contribution is 2.49. The summed E-state index contributed by atoms with van der Waals surface area (Å²) in [5.74, 6) is 3.22. The van der Waals surface area contributed by atoms with Gasteiger partial charge in [0, 0.05) is 87.6 Å². The lowest BCUT2D eigenvalue weighted by Gasteiger charge is -2.58. The van der Waals surface area contributed by atoms with Crippen molar-refractivity contribution in [2.24, 2.45) is 23.2 Å². The second kappa shape index (κ2) is 13.4. The Morgan fingerprint density at radius 3 is 2.62 bits per heavy atom. The van der Waals surface area contributed by atoms with Crippen LogP contribution in [0.25, 0.3) is 11.1 Å². The molecular weight excluding hydrogens is 633 g/mol. The Balaban J connectivity index is 0.917. The average Bonchev–Trinajstić information content (AvgIpc) is 3.84. The van der Waals surface area contributed by atoms with Gasteiger partial charge in [0.05, 0.1) is 11.6 Å². The predicted octanol–water partition coefficient (Wildman–Crippen LogP) is 5.25. The van der Waals surface area contributed by atoms with Crippen molar-refractivity contribution >= 4 is 11.7 Å². The number of aromatic nitrogens is 5. The molecule has 0 unspecified atom stereocenters. The first-order chi connectivity index (χ1) is 24.2. The summed E-state index contributed by atoms with van der Waals surface area (Å²) >= 11 is 0. The van der Waals surface area contributed by atoms with E-state index < -0.39 is 0 Å². The molecule has 8 rings (SSSR count).